The van der Waals surface area contributed by atoms with Gasteiger partial charge < -0.3 is 5.73 Å². The van der Waals surface area contributed by atoms with Gasteiger partial charge in [0.1, 0.15) is 21.6 Å². The minimum absolute atomic E-state index is 0.401. The SMILES string of the molecule is NCCc1nnc(-c2cc(F)cc(F)c2)s1. The van der Waals surface area contributed by atoms with E-state index in [0.717, 1.165) is 11.1 Å². The van der Waals surface area contributed by atoms with Crippen LogP contribution in [-0.2, 0) is 6.42 Å². The lowest BCUT2D eigenvalue weighted by atomic mass is 10.2. The summed E-state index contributed by atoms with van der Waals surface area (Å²) in [4.78, 5) is 0. The van der Waals surface area contributed by atoms with Crippen LogP contribution >= 0.6 is 11.3 Å². The van der Waals surface area contributed by atoms with Gasteiger partial charge in [-0.15, -0.1) is 10.2 Å². The lowest BCUT2D eigenvalue weighted by Crippen LogP contribution is -2.01. The van der Waals surface area contributed by atoms with E-state index in [4.69, 9.17) is 5.73 Å². The van der Waals surface area contributed by atoms with Crippen LogP contribution in [0.5, 0.6) is 0 Å². The van der Waals surface area contributed by atoms with Crippen molar-refractivity contribution in [2.45, 2.75) is 6.42 Å². The summed E-state index contributed by atoms with van der Waals surface area (Å²) in [6.45, 7) is 0.478. The normalized spacial score (nSPS) is 10.7. The summed E-state index contributed by atoms with van der Waals surface area (Å²) in [5.74, 6) is -1.24. The molecule has 3 nitrogen and oxygen atoms in total. The van der Waals surface area contributed by atoms with Gasteiger partial charge in [-0.25, -0.2) is 8.78 Å². The van der Waals surface area contributed by atoms with Crippen molar-refractivity contribution in [1.29, 1.82) is 0 Å². The van der Waals surface area contributed by atoms with Crippen LogP contribution in [0.25, 0.3) is 10.6 Å². The predicted octanol–water partition coefficient (Wildman–Crippen LogP) is 1.98. The molecule has 1 heterocycles. The van der Waals surface area contributed by atoms with Crippen LogP contribution in [0.4, 0.5) is 8.78 Å². The van der Waals surface area contributed by atoms with Crippen molar-refractivity contribution >= 4 is 11.3 Å². The van der Waals surface area contributed by atoms with E-state index < -0.39 is 11.6 Å². The first-order chi connectivity index (χ1) is 7.69. The van der Waals surface area contributed by atoms with E-state index in [1.54, 1.807) is 0 Å². The maximum Gasteiger partial charge on any atom is 0.148 e. The minimum atomic E-state index is -0.620. The molecule has 0 aliphatic heterocycles. The molecule has 0 atom stereocenters. The molecule has 0 fully saturated rings. The fraction of sp³-hybridized carbons (Fsp3) is 0.200. The molecule has 0 spiro atoms. The molecule has 0 aliphatic rings. The molecule has 16 heavy (non-hydrogen) atoms. The third-order valence-electron chi connectivity index (χ3n) is 1.93. The van der Waals surface area contributed by atoms with Crippen molar-refractivity contribution in [3.8, 4) is 10.6 Å². The lowest BCUT2D eigenvalue weighted by molar-refractivity contribution is 0.584. The summed E-state index contributed by atoms with van der Waals surface area (Å²) in [6.07, 6.45) is 0.621. The molecule has 2 rings (SSSR count). The third-order valence-corrected chi connectivity index (χ3v) is 2.97. The van der Waals surface area contributed by atoms with Gasteiger partial charge in [-0.3, -0.25) is 0 Å². The molecule has 84 valence electrons. The Balaban J connectivity index is 2.34. The molecule has 0 bridgehead atoms. The molecule has 0 unspecified atom stereocenters. The van der Waals surface area contributed by atoms with E-state index in [-0.39, 0.29) is 0 Å². The molecule has 6 heteroatoms. The molecule has 0 radical (unpaired) electrons. The number of hydrogen-bond acceptors (Lipinski definition) is 4. The predicted molar refractivity (Wildman–Crippen MR) is 58.0 cm³/mol. The molecule has 0 saturated heterocycles. The minimum Gasteiger partial charge on any atom is -0.330 e. The third kappa shape index (κ3) is 2.40. The van der Waals surface area contributed by atoms with E-state index in [9.17, 15) is 8.78 Å². The van der Waals surface area contributed by atoms with Crippen LogP contribution in [0.15, 0.2) is 18.2 Å². The van der Waals surface area contributed by atoms with Crippen molar-refractivity contribution in [1.82, 2.24) is 10.2 Å². The van der Waals surface area contributed by atoms with Gasteiger partial charge in [0.15, 0.2) is 0 Å². The van der Waals surface area contributed by atoms with E-state index in [2.05, 4.69) is 10.2 Å². The van der Waals surface area contributed by atoms with Gasteiger partial charge >= 0.3 is 0 Å². The van der Waals surface area contributed by atoms with Crippen molar-refractivity contribution in [2.24, 2.45) is 5.73 Å². The molecule has 0 amide bonds. The average molecular weight is 241 g/mol. The van der Waals surface area contributed by atoms with Crippen LogP contribution in [0, 0.1) is 11.6 Å². The fourth-order valence-electron chi connectivity index (χ4n) is 1.27. The number of rotatable bonds is 3. The van der Waals surface area contributed by atoms with Gasteiger partial charge in [-0.05, 0) is 18.7 Å². The van der Waals surface area contributed by atoms with Crippen molar-refractivity contribution in [3.63, 3.8) is 0 Å². The summed E-state index contributed by atoms with van der Waals surface area (Å²) in [6, 6.07) is 3.29. The van der Waals surface area contributed by atoms with E-state index in [1.165, 1.54) is 23.5 Å². The van der Waals surface area contributed by atoms with Crippen molar-refractivity contribution in [2.75, 3.05) is 6.54 Å². The highest BCUT2D eigenvalue weighted by Gasteiger charge is 2.08. The second-order valence-corrected chi connectivity index (χ2v) is 4.26. The molecule has 0 saturated carbocycles. The Bertz CT molecular complexity index is 478. The Morgan fingerprint density at radius 1 is 1.12 bits per heavy atom. The lowest BCUT2D eigenvalue weighted by Gasteiger charge is -1.96. The molecule has 1 aromatic heterocycles. The maximum absolute atomic E-state index is 13.0. The quantitative estimate of drug-likeness (QED) is 0.894. The first-order valence-electron chi connectivity index (χ1n) is 4.68. The summed E-state index contributed by atoms with van der Waals surface area (Å²) in [5, 5.41) is 9.02. The smallest absolute Gasteiger partial charge is 0.148 e. The number of aromatic nitrogens is 2. The van der Waals surface area contributed by atoms with E-state index in [0.29, 0.717) is 23.5 Å². The fourth-order valence-corrected chi connectivity index (χ4v) is 2.11. The van der Waals surface area contributed by atoms with Crippen molar-refractivity contribution < 1.29 is 8.78 Å². The highest BCUT2D eigenvalue weighted by Crippen LogP contribution is 2.25. The van der Waals surface area contributed by atoms with Crippen molar-refractivity contribution in [3.05, 3.63) is 34.8 Å². The summed E-state index contributed by atoms with van der Waals surface area (Å²) in [5.41, 5.74) is 5.78. The zero-order valence-corrected chi connectivity index (χ0v) is 9.10. The van der Waals surface area contributed by atoms with Gasteiger partial charge in [0.2, 0.25) is 0 Å². The summed E-state index contributed by atoms with van der Waals surface area (Å²) >= 11 is 1.29. The highest BCUT2D eigenvalue weighted by atomic mass is 32.1. The van der Waals surface area contributed by atoms with Gasteiger partial charge in [0.25, 0.3) is 0 Å². The summed E-state index contributed by atoms with van der Waals surface area (Å²) < 4.78 is 25.9. The molecule has 0 aliphatic carbocycles. The van der Waals surface area contributed by atoms with Gasteiger partial charge in [-0.2, -0.15) is 0 Å². The van der Waals surface area contributed by atoms with Crippen LogP contribution in [0.3, 0.4) is 0 Å². The molecule has 2 aromatic rings. The number of benzene rings is 1. The number of halogens is 2. The van der Waals surface area contributed by atoms with Crippen LogP contribution in [0.2, 0.25) is 0 Å². The number of nitrogens with two attached hydrogens (primary N) is 1. The van der Waals surface area contributed by atoms with Gasteiger partial charge in [0.05, 0.1) is 0 Å². The Kier molecular flexibility index (Phi) is 3.21. The largest absolute Gasteiger partial charge is 0.330 e. The van der Waals surface area contributed by atoms with Crippen LogP contribution in [0.1, 0.15) is 5.01 Å². The Hall–Kier alpha value is -1.40. The Morgan fingerprint density at radius 2 is 1.81 bits per heavy atom. The summed E-state index contributed by atoms with van der Waals surface area (Å²) in [7, 11) is 0. The van der Waals surface area contributed by atoms with Gasteiger partial charge in [-0.1, -0.05) is 11.3 Å². The highest BCUT2D eigenvalue weighted by molar-refractivity contribution is 7.14. The number of nitrogens with zero attached hydrogens (tertiary/aromatic N) is 2. The van der Waals surface area contributed by atoms with Gasteiger partial charge in [0, 0.05) is 18.1 Å². The van der Waals surface area contributed by atoms with E-state index >= 15 is 0 Å². The Morgan fingerprint density at radius 3 is 2.44 bits per heavy atom. The Labute approximate surface area is 94.9 Å². The molecule has 1 aromatic carbocycles. The van der Waals surface area contributed by atoms with E-state index in [1.807, 2.05) is 0 Å². The second-order valence-electron chi connectivity index (χ2n) is 3.20. The zero-order chi connectivity index (χ0) is 11.5. The molecule has 2 N–H and O–H groups in total. The first kappa shape index (κ1) is 11.1. The molecular formula is C10H9F2N3S. The standard InChI is InChI=1S/C10H9F2N3S/c11-7-3-6(4-8(12)5-7)10-15-14-9(16-10)1-2-13/h3-5H,1-2,13H2. The average Bonchev–Trinajstić information content (AvgIpc) is 2.65. The topological polar surface area (TPSA) is 51.8 Å². The monoisotopic (exact) mass is 241 g/mol. The van der Waals surface area contributed by atoms with Crippen LogP contribution < -0.4 is 5.73 Å². The van der Waals surface area contributed by atoms with Crippen LogP contribution in [-0.4, -0.2) is 16.7 Å². The first-order valence-corrected chi connectivity index (χ1v) is 5.49. The molecular weight excluding hydrogens is 232 g/mol. The number of hydrogen-bond donors (Lipinski definition) is 1. The maximum atomic E-state index is 13.0. The second kappa shape index (κ2) is 4.63. The zero-order valence-electron chi connectivity index (χ0n) is 8.28.